The smallest absolute Gasteiger partial charge is 0.257 e. The van der Waals surface area contributed by atoms with Gasteiger partial charge in [0.25, 0.3) is 5.56 Å². The van der Waals surface area contributed by atoms with E-state index in [-0.39, 0.29) is 23.8 Å². The van der Waals surface area contributed by atoms with Crippen LogP contribution in [-0.4, -0.2) is 28.7 Å². The number of aromatic amines is 1. The lowest BCUT2D eigenvalue weighted by atomic mass is 9.87. The van der Waals surface area contributed by atoms with Crippen molar-refractivity contribution in [3.63, 3.8) is 0 Å². The van der Waals surface area contributed by atoms with Crippen molar-refractivity contribution in [3.05, 3.63) is 45.7 Å². The van der Waals surface area contributed by atoms with Crippen LogP contribution in [-0.2, 0) is 4.79 Å². The lowest BCUT2D eigenvalue weighted by molar-refractivity contribution is -0.116. The molecule has 1 atom stereocenters. The molecule has 0 unspecified atom stereocenters. The van der Waals surface area contributed by atoms with Gasteiger partial charge in [-0.3, -0.25) is 9.59 Å². The molecule has 6 nitrogen and oxygen atoms in total. The summed E-state index contributed by atoms with van der Waals surface area (Å²) in [5.41, 5.74) is 1.15. The van der Waals surface area contributed by atoms with E-state index in [0.717, 1.165) is 11.3 Å². The monoisotopic (exact) mass is 331 g/mol. The highest BCUT2D eigenvalue weighted by Crippen LogP contribution is 2.35. The molecule has 0 saturated heterocycles. The van der Waals surface area contributed by atoms with Crippen LogP contribution in [0.5, 0.6) is 5.75 Å². The lowest BCUT2D eigenvalue weighted by Crippen LogP contribution is -2.31. The molecule has 1 aromatic carbocycles. The number of H-pyrrole nitrogens is 1. The summed E-state index contributed by atoms with van der Waals surface area (Å²) in [4.78, 5) is 31.7. The minimum Gasteiger partial charge on any atom is -0.497 e. The van der Waals surface area contributed by atoms with Gasteiger partial charge in [0.05, 0.1) is 12.7 Å². The largest absolute Gasteiger partial charge is 0.497 e. The average molecular weight is 331 g/mol. The van der Waals surface area contributed by atoms with Gasteiger partial charge in [-0.05, 0) is 23.4 Å². The molecule has 1 aromatic heterocycles. The van der Waals surface area contributed by atoms with Crippen LogP contribution in [0, 0.1) is 0 Å². The van der Waals surface area contributed by atoms with E-state index in [0.29, 0.717) is 22.3 Å². The van der Waals surface area contributed by atoms with Gasteiger partial charge in [-0.15, -0.1) is 0 Å². The highest BCUT2D eigenvalue weighted by Gasteiger charge is 2.31. The highest BCUT2D eigenvalue weighted by atomic mass is 32.2. The van der Waals surface area contributed by atoms with Gasteiger partial charge in [-0.2, -0.15) is 0 Å². The van der Waals surface area contributed by atoms with Crippen molar-refractivity contribution in [2.24, 2.45) is 0 Å². The second kappa shape index (κ2) is 6.45. The van der Waals surface area contributed by atoms with Crippen molar-refractivity contribution in [2.45, 2.75) is 24.4 Å². The van der Waals surface area contributed by atoms with Crippen LogP contribution >= 0.6 is 11.8 Å². The van der Waals surface area contributed by atoms with E-state index in [9.17, 15) is 9.59 Å². The summed E-state index contributed by atoms with van der Waals surface area (Å²) in [6.07, 6.45) is 0.213. The molecule has 2 aromatic rings. The van der Waals surface area contributed by atoms with E-state index in [1.54, 1.807) is 7.11 Å². The molecule has 0 bridgehead atoms. The maximum absolute atomic E-state index is 12.5. The molecule has 0 spiro atoms. The van der Waals surface area contributed by atoms with Crippen LogP contribution in [0.2, 0.25) is 0 Å². The number of thioether (sulfide) groups is 1. The van der Waals surface area contributed by atoms with Gasteiger partial charge in [0.2, 0.25) is 5.91 Å². The average Bonchev–Trinajstić information content (AvgIpc) is 2.54. The number of methoxy groups -OCH3 is 1. The molecule has 0 aliphatic carbocycles. The van der Waals surface area contributed by atoms with Crippen molar-refractivity contribution in [3.8, 4) is 5.75 Å². The van der Waals surface area contributed by atoms with Gasteiger partial charge < -0.3 is 15.0 Å². The van der Waals surface area contributed by atoms with Crippen LogP contribution in [0.15, 0.2) is 34.2 Å². The first-order chi connectivity index (χ1) is 11.1. The van der Waals surface area contributed by atoms with Gasteiger partial charge >= 0.3 is 0 Å². The first kappa shape index (κ1) is 15.6. The molecule has 0 saturated carbocycles. The Morgan fingerprint density at radius 2 is 2.22 bits per heavy atom. The van der Waals surface area contributed by atoms with Crippen LogP contribution in [0.3, 0.4) is 0 Å². The van der Waals surface area contributed by atoms with Gasteiger partial charge in [0.1, 0.15) is 11.6 Å². The number of ether oxygens (including phenoxy) is 1. The maximum Gasteiger partial charge on any atom is 0.257 e. The molecule has 23 heavy (non-hydrogen) atoms. The lowest BCUT2D eigenvalue weighted by Gasteiger charge is -2.24. The number of fused-ring (bicyclic) bond motifs is 1. The Kier molecular flexibility index (Phi) is 4.38. The summed E-state index contributed by atoms with van der Waals surface area (Å²) in [6.45, 7) is 1.97. The summed E-state index contributed by atoms with van der Waals surface area (Å²) < 4.78 is 5.24. The Hall–Kier alpha value is -2.28. The first-order valence-corrected chi connectivity index (χ1v) is 8.31. The first-order valence-electron chi connectivity index (χ1n) is 7.33. The summed E-state index contributed by atoms with van der Waals surface area (Å²) >= 11 is 1.43. The molecule has 7 heteroatoms. The molecule has 1 amide bonds. The molecule has 3 rings (SSSR count). The molecule has 2 heterocycles. The van der Waals surface area contributed by atoms with Gasteiger partial charge in [-0.1, -0.05) is 30.8 Å². The Morgan fingerprint density at radius 1 is 1.39 bits per heavy atom. The van der Waals surface area contributed by atoms with Gasteiger partial charge in [0, 0.05) is 12.3 Å². The topological polar surface area (TPSA) is 84.1 Å². The van der Waals surface area contributed by atoms with Gasteiger partial charge in [0.15, 0.2) is 5.16 Å². The van der Waals surface area contributed by atoms with E-state index in [4.69, 9.17) is 4.74 Å². The van der Waals surface area contributed by atoms with Crippen molar-refractivity contribution < 1.29 is 9.53 Å². The molecule has 0 fully saturated rings. The summed E-state index contributed by atoms with van der Waals surface area (Å²) in [6, 6.07) is 7.42. The fraction of sp³-hybridized carbons (Fsp3) is 0.312. The molecule has 0 radical (unpaired) electrons. The number of carbonyl (C=O) groups is 1. The number of carbonyl (C=O) groups excluding carboxylic acids is 1. The number of hydrogen-bond donors (Lipinski definition) is 2. The minimum absolute atomic E-state index is 0.143. The fourth-order valence-corrected chi connectivity index (χ4v) is 3.29. The zero-order chi connectivity index (χ0) is 16.4. The number of nitrogens with zero attached hydrogens (tertiary/aromatic N) is 1. The van der Waals surface area contributed by atoms with Crippen LogP contribution in [0.4, 0.5) is 5.82 Å². The second-order valence-corrected chi connectivity index (χ2v) is 6.40. The van der Waals surface area contributed by atoms with Crippen LogP contribution in [0.1, 0.15) is 30.4 Å². The number of hydrogen-bond acceptors (Lipinski definition) is 5. The summed E-state index contributed by atoms with van der Waals surface area (Å²) in [7, 11) is 1.59. The molecule has 120 valence electrons. The van der Waals surface area contributed by atoms with E-state index in [2.05, 4.69) is 15.3 Å². The van der Waals surface area contributed by atoms with Crippen LogP contribution in [0.25, 0.3) is 0 Å². The third kappa shape index (κ3) is 3.10. The predicted octanol–water partition coefficient (Wildman–Crippen LogP) is 2.36. The highest BCUT2D eigenvalue weighted by molar-refractivity contribution is 7.99. The normalized spacial score (nSPS) is 16.6. The Bertz CT molecular complexity index is 803. The fourth-order valence-electron chi connectivity index (χ4n) is 2.70. The third-order valence-corrected chi connectivity index (χ3v) is 4.46. The molecule has 1 aliphatic heterocycles. The zero-order valence-electron chi connectivity index (χ0n) is 12.9. The number of amides is 1. The SMILES string of the molecule is CCSc1nc2c(c(=O)[nH]1)[C@@H](c1cccc(OC)c1)CC(=O)N2. The molecule has 1 aliphatic rings. The van der Waals surface area contributed by atoms with E-state index in [1.165, 1.54) is 11.8 Å². The van der Waals surface area contributed by atoms with E-state index in [1.807, 2.05) is 31.2 Å². The second-order valence-electron chi connectivity index (χ2n) is 5.15. The number of benzene rings is 1. The van der Waals surface area contributed by atoms with Gasteiger partial charge in [-0.25, -0.2) is 4.98 Å². The summed E-state index contributed by atoms with van der Waals surface area (Å²) in [5, 5.41) is 3.23. The van der Waals surface area contributed by atoms with Crippen molar-refractivity contribution in [2.75, 3.05) is 18.2 Å². The van der Waals surface area contributed by atoms with Crippen molar-refractivity contribution in [1.29, 1.82) is 0 Å². The number of anilines is 1. The van der Waals surface area contributed by atoms with Crippen molar-refractivity contribution in [1.82, 2.24) is 9.97 Å². The van der Waals surface area contributed by atoms with E-state index >= 15 is 0 Å². The van der Waals surface area contributed by atoms with Crippen LogP contribution < -0.4 is 15.6 Å². The Morgan fingerprint density at radius 3 is 2.96 bits per heavy atom. The summed E-state index contributed by atoms with van der Waals surface area (Å²) in [5.74, 6) is 1.36. The zero-order valence-corrected chi connectivity index (χ0v) is 13.7. The third-order valence-electron chi connectivity index (χ3n) is 3.71. The molecule has 2 N–H and O–H groups in total. The molecular formula is C16H17N3O3S. The molecular weight excluding hydrogens is 314 g/mol. The quantitative estimate of drug-likeness (QED) is 0.664. The van der Waals surface area contributed by atoms with E-state index < -0.39 is 0 Å². The predicted molar refractivity (Wildman–Crippen MR) is 89.3 cm³/mol. The number of nitrogens with one attached hydrogen (secondary N) is 2. The standard InChI is InChI=1S/C16H17N3O3S/c1-3-23-16-18-14-13(15(21)19-16)11(8-12(20)17-14)9-5-4-6-10(7-9)22-2/h4-7,11H,3,8H2,1-2H3,(H2,17,18,19,20,21)/t11-/m1/s1. The number of aromatic nitrogens is 2. The Balaban J connectivity index is 2.11. The van der Waals surface area contributed by atoms with Crippen molar-refractivity contribution >= 4 is 23.5 Å². The number of rotatable bonds is 4. The minimum atomic E-state index is -0.328. The Labute approximate surface area is 137 Å². The maximum atomic E-state index is 12.5.